The van der Waals surface area contributed by atoms with E-state index in [1.165, 1.54) is 4.90 Å². The Hall–Kier alpha value is -3.28. The van der Waals surface area contributed by atoms with E-state index in [2.05, 4.69) is 25.7 Å². The Morgan fingerprint density at radius 3 is 2.09 bits per heavy atom. The average molecular weight is 449 g/mol. The fourth-order valence-corrected chi connectivity index (χ4v) is 4.25. The fraction of sp³-hybridized carbons (Fsp3) is 0.407. The Morgan fingerprint density at radius 2 is 1.52 bits per heavy atom. The molecule has 0 aliphatic carbocycles. The molecule has 2 amide bonds. The molecule has 0 atom stereocenters. The number of amides is 2. The molecule has 1 fully saturated rings. The first-order chi connectivity index (χ1) is 15.9. The summed E-state index contributed by atoms with van der Waals surface area (Å²) in [5, 5.41) is 0. The molecule has 174 valence electrons. The molecule has 2 aromatic carbocycles. The molecule has 0 unspecified atom stereocenters. The van der Waals surface area contributed by atoms with Gasteiger partial charge in [0.25, 0.3) is 11.8 Å². The van der Waals surface area contributed by atoms with Gasteiger partial charge in [-0.05, 0) is 66.6 Å². The van der Waals surface area contributed by atoms with E-state index in [9.17, 15) is 9.59 Å². The van der Waals surface area contributed by atoms with E-state index in [0.717, 1.165) is 37.2 Å². The van der Waals surface area contributed by atoms with Gasteiger partial charge in [-0.3, -0.25) is 9.59 Å². The molecular weight excluding hydrogens is 416 g/mol. The van der Waals surface area contributed by atoms with Crippen LogP contribution in [0.25, 0.3) is 5.57 Å². The molecule has 0 N–H and O–H groups in total. The van der Waals surface area contributed by atoms with Crippen LogP contribution in [0.4, 0.5) is 5.69 Å². The van der Waals surface area contributed by atoms with Gasteiger partial charge in [0.1, 0.15) is 17.2 Å². The predicted molar refractivity (Wildman–Crippen MR) is 129 cm³/mol. The van der Waals surface area contributed by atoms with Gasteiger partial charge in [0.2, 0.25) is 0 Å². The Bertz CT molecular complexity index is 1030. The molecule has 2 aromatic rings. The molecule has 0 saturated carbocycles. The largest absolute Gasteiger partial charge is 0.497 e. The van der Waals surface area contributed by atoms with Crippen molar-refractivity contribution >= 4 is 23.1 Å². The minimum atomic E-state index is -0.297. The van der Waals surface area contributed by atoms with Gasteiger partial charge >= 0.3 is 0 Å². The van der Waals surface area contributed by atoms with Crippen LogP contribution in [-0.4, -0.2) is 43.5 Å². The van der Waals surface area contributed by atoms with Crippen LogP contribution in [0.1, 0.15) is 39.2 Å². The van der Waals surface area contributed by atoms with Crippen molar-refractivity contribution in [3.63, 3.8) is 0 Å². The number of likely N-dealkylation sites (tertiary alicyclic amines) is 1. The van der Waals surface area contributed by atoms with Gasteiger partial charge in [0.05, 0.1) is 25.0 Å². The lowest BCUT2D eigenvalue weighted by Gasteiger charge is -2.32. The zero-order valence-electron chi connectivity index (χ0n) is 19.8. The van der Waals surface area contributed by atoms with Gasteiger partial charge in [-0.15, -0.1) is 0 Å². The first kappa shape index (κ1) is 22.9. The topological polar surface area (TPSA) is 59.1 Å². The number of ether oxygens (including phenoxy) is 2. The second-order valence-electron chi connectivity index (χ2n) is 9.27. The van der Waals surface area contributed by atoms with E-state index in [0.29, 0.717) is 41.1 Å². The lowest BCUT2D eigenvalue weighted by Crippen LogP contribution is -2.38. The van der Waals surface area contributed by atoms with Crippen molar-refractivity contribution in [3.05, 3.63) is 59.8 Å². The summed E-state index contributed by atoms with van der Waals surface area (Å²) in [6.07, 6.45) is 2.01. The minimum Gasteiger partial charge on any atom is -0.497 e. The highest BCUT2D eigenvalue weighted by atomic mass is 16.5. The molecule has 6 nitrogen and oxygen atoms in total. The van der Waals surface area contributed by atoms with Gasteiger partial charge in [-0.25, -0.2) is 4.90 Å². The molecule has 0 radical (unpaired) electrons. The number of nitrogens with zero attached hydrogens (tertiary/aromatic N) is 2. The highest BCUT2D eigenvalue weighted by Gasteiger charge is 2.43. The van der Waals surface area contributed by atoms with Crippen LogP contribution in [0.3, 0.4) is 0 Å². The molecule has 33 heavy (non-hydrogen) atoms. The molecule has 0 aromatic heterocycles. The Labute approximate surface area is 195 Å². The molecule has 6 heteroatoms. The van der Waals surface area contributed by atoms with Crippen molar-refractivity contribution in [1.29, 1.82) is 0 Å². The third-order valence-electron chi connectivity index (χ3n) is 6.22. The number of anilines is 1. The normalized spacial score (nSPS) is 17.4. The SMILES string of the molecule is COc1ccc(C2=C(N3CCC(C)CC3)C(=O)N(c3ccc(OCC(C)C)cc3)C2=O)cc1. The Morgan fingerprint density at radius 1 is 0.909 bits per heavy atom. The highest BCUT2D eigenvalue weighted by molar-refractivity contribution is 6.45. The van der Waals surface area contributed by atoms with E-state index >= 15 is 0 Å². The van der Waals surface area contributed by atoms with Crippen LogP contribution in [0, 0.1) is 11.8 Å². The molecule has 0 spiro atoms. The third-order valence-corrected chi connectivity index (χ3v) is 6.22. The molecule has 0 bridgehead atoms. The second kappa shape index (κ2) is 9.69. The summed E-state index contributed by atoms with van der Waals surface area (Å²) in [4.78, 5) is 30.7. The third kappa shape index (κ3) is 4.75. The maximum absolute atomic E-state index is 13.7. The summed E-state index contributed by atoms with van der Waals surface area (Å²) in [7, 11) is 1.61. The molecule has 2 heterocycles. The summed E-state index contributed by atoms with van der Waals surface area (Å²) >= 11 is 0. The monoisotopic (exact) mass is 448 g/mol. The standard InChI is InChI=1S/C27H32N2O4/c1-18(2)17-33-23-11-7-21(8-12-23)29-26(30)24(20-5-9-22(32-4)10-6-20)25(27(29)31)28-15-13-19(3)14-16-28/h5-12,18-19H,13-17H2,1-4H3. The average Bonchev–Trinajstić information content (AvgIpc) is 3.08. The summed E-state index contributed by atoms with van der Waals surface area (Å²) < 4.78 is 11.0. The van der Waals surface area contributed by atoms with Crippen LogP contribution < -0.4 is 14.4 Å². The number of imide groups is 1. The number of carbonyl (C=O) groups is 2. The van der Waals surface area contributed by atoms with Crippen molar-refractivity contribution in [3.8, 4) is 11.5 Å². The van der Waals surface area contributed by atoms with Crippen molar-refractivity contribution in [2.45, 2.75) is 33.6 Å². The first-order valence-corrected chi connectivity index (χ1v) is 11.6. The number of benzene rings is 2. The summed E-state index contributed by atoms with van der Waals surface area (Å²) in [5.41, 5.74) is 2.23. The van der Waals surface area contributed by atoms with Gasteiger partial charge in [0.15, 0.2) is 0 Å². The summed E-state index contributed by atoms with van der Waals surface area (Å²) in [5.74, 6) is 1.90. The number of methoxy groups -OCH3 is 1. The van der Waals surface area contributed by atoms with Gasteiger partial charge in [-0.1, -0.05) is 32.9 Å². The highest BCUT2D eigenvalue weighted by Crippen LogP contribution is 2.37. The molecule has 2 aliphatic rings. The maximum atomic E-state index is 13.7. The van der Waals surface area contributed by atoms with Crippen molar-refractivity contribution < 1.29 is 19.1 Å². The quantitative estimate of drug-likeness (QED) is 0.573. The molecular formula is C27H32N2O4. The number of piperidine rings is 1. The molecule has 1 saturated heterocycles. The van der Waals surface area contributed by atoms with E-state index in [-0.39, 0.29) is 11.8 Å². The smallest absolute Gasteiger partial charge is 0.282 e. The lowest BCUT2D eigenvalue weighted by molar-refractivity contribution is -0.120. The molecule has 4 rings (SSSR count). The van der Waals surface area contributed by atoms with E-state index in [1.54, 1.807) is 19.2 Å². The van der Waals surface area contributed by atoms with E-state index < -0.39 is 0 Å². The minimum absolute atomic E-state index is 0.267. The van der Waals surface area contributed by atoms with Crippen LogP contribution in [0.5, 0.6) is 11.5 Å². The van der Waals surface area contributed by atoms with Gasteiger partial charge in [0, 0.05) is 13.1 Å². The van der Waals surface area contributed by atoms with Crippen molar-refractivity contribution in [2.24, 2.45) is 11.8 Å². The van der Waals surface area contributed by atoms with Crippen molar-refractivity contribution in [1.82, 2.24) is 4.90 Å². The van der Waals surface area contributed by atoms with E-state index in [4.69, 9.17) is 9.47 Å². The summed E-state index contributed by atoms with van der Waals surface area (Å²) in [6, 6.07) is 14.5. The van der Waals surface area contributed by atoms with E-state index in [1.807, 2.05) is 36.4 Å². The lowest BCUT2D eigenvalue weighted by atomic mass is 9.97. The Kier molecular flexibility index (Phi) is 6.72. The Balaban J connectivity index is 1.68. The van der Waals surface area contributed by atoms with Crippen LogP contribution >= 0.6 is 0 Å². The number of hydrogen-bond acceptors (Lipinski definition) is 5. The number of rotatable bonds is 7. The van der Waals surface area contributed by atoms with Gasteiger partial charge in [-0.2, -0.15) is 0 Å². The first-order valence-electron chi connectivity index (χ1n) is 11.6. The zero-order valence-corrected chi connectivity index (χ0v) is 19.8. The summed E-state index contributed by atoms with van der Waals surface area (Å²) in [6.45, 7) is 8.56. The number of carbonyl (C=O) groups excluding carboxylic acids is 2. The van der Waals surface area contributed by atoms with Gasteiger partial charge < -0.3 is 14.4 Å². The zero-order chi connectivity index (χ0) is 23.5. The van der Waals surface area contributed by atoms with Crippen LogP contribution in [0.2, 0.25) is 0 Å². The van der Waals surface area contributed by atoms with Crippen LogP contribution in [0.15, 0.2) is 54.2 Å². The predicted octanol–water partition coefficient (Wildman–Crippen LogP) is 4.75. The number of hydrogen-bond donors (Lipinski definition) is 0. The second-order valence-corrected chi connectivity index (χ2v) is 9.27. The van der Waals surface area contributed by atoms with Crippen molar-refractivity contribution in [2.75, 3.05) is 31.7 Å². The maximum Gasteiger partial charge on any atom is 0.282 e. The fourth-order valence-electron chi connectivity index (χ4n) is 4.25. The molecule has 2 aliphatic heterocycles. The van der Waals surface area contributed by atoms with Crippen LogP contribution in [-0.2, 0) is 9.59 Å².